The summed E-state index contributed by atoms with van der Waals surface area (Å²) in [5.41, 5.74) is 8.19. The molecule has 0 N–H and O–H groups in total. The smallest absolute Gasteiger partial charge is 0.373 e. The Morgan fingerprint density at radius 2 is 0.593 bits per heavy atom. The first-order chi connectivity index (χ1) is 65.0. The number of esters is 4. The Hall–Kier alpha value is -10.4. The second-order valence-electron chi connectivity index (χ2n) is 30.5. The third-order valence-electron chi connectivity index (χ3n) is 19.3. The zero-order valence-corrected chi connectivity index (χ0v) is 83.4. The minimum absolute atomic E-state index is 0. The van der Waals surface area contributed by atoms with Crippen LogP contribution in [0.4, 0.5) is 31.4 Å². The summed E-state index contributed by atoms with van der Waals surface area (Å²) < 4.78 is 54.2. The number of likely N-dealkylation sites (N-methyl/N-ethyl adjacent to an activating group) is 2. The Morgan fingerprint density at radius 1 is 0.356 bits per heavy atom. The molecule has 2 aromatic heterocycles. The molecule has 0 fully saturated rings. The van der Waals surface area contributed by atoms with Crippen molar-refractivity contribution in [2.75, 3.05) is 146 Å². The molecule has 0 aliphatic carbocycles. The maximum Gasteiger partial charge on any atom is 0.373 e. The highest BCUT2D eigenvalue weighted by molar-refractivity contribution is 7.20. The molecule has 0 radical (unpaired) electrons. The molecule has 2 heterocycles. The molecule has 0 unspecified atom stereocenters. The van der Waals surface area contributed by atoms with Gasteiger partial charge in [0.05, 0.1) is 115 Å². The Balaban J connectivity index is -0.000000553. The number of hydrogen-bond donors (Lipinski definition) is 0. The lowest BCUT2D eigenvalue weighted by Gasteiger charge is -2.16. The summed E-state index contributed by atoms with van der Waals surface area (Å²) in [4.78, 5) is 123. The van der Waals surface area contributed by atoms with Crippen LogP contribution in [0.5, 0.6) is 0 Å². The highest BCUT2D eigenvalue weighted by Gasteiger charge is 2.17. The molecule has 752 valence electrons. The van der Waals surface area contributed by atoms with Crippen LogP contribution in [0.3, 0.4) is 0 Å². The van der Waals surface area contributed by atoms with E-state index in [0.29, 0.717) is 167 Å². The average molecular weight is 1920 g/mol. The van der Waals surface area contributed by atoms with Crippen LogP contribution < -0.4 is 0 Å². The lowest BCUT2D eigenvalue weighted by atomic mass is 10.1. The number of nitrogens with zero attached hydrogens (tertiary/aromatic N) is 10. The maximum absolute atomic E-state index is 11.8. The highest BCUT2D eigenvalue weighted by Crippen LogP contribution is 2.43. The standard InChI is InChI=1S/C33H65NO7.C33H61NO7.2C15H12N4S.4CO2.CH4/c2*1-4-6-8-10-12-14-16-18-20-32(35)40-30-28-38-25-23-34(3)22-24-37-26-27-39-29-31-41-33(36)21-19-17-15-13-11-9-7-5-2;2*1-9-5-6-13(10(2)7-9)18-19-15-12(8-16)11(3)14(17-4)20-15;4*2-1-3;/h4-31H2,1-3H3;12-15H,4-11,16-31H2,1-3H3;2*5-7H,1-3H3;;;;;1H4/b;14-12+,15-13+;;;;;;;. The van der Waals surface area contributed by atoms with Gasteiger partial charge in [-0.15, -0.1) is 43.1 Å². The fourth-order valence-corrected chi connectivity index (χ4v) is 13.5. The van der Waals surface area contributed by atoms with Crippen LogP contribution in [-0.4, -0.2) is 204 Å². The zero-order chi connectivity index (χ0) is 100. The zero-order valence-electron chi connectivity index (χ0n) is 81.8. The number of thiophene rings is 2. The van der Waals surface area contributed by atoms with Gasteiger partial charge < -0.3 is 57.2 Å². The van der Waals surface area contributed by atoms with Crippen LogP contribution >= 0.6 is 22.7 Å². The van der Waals surface area contributed by atoms with Crippen molar-refractivity contribution in [3.63, 3.8) is 0 Å². The maximum atomic E-state index is 11.8. The summed E-state index contributed by atoms with van der Waals surface area (Å²) in [7, 11) is 4.04. The summed E-state index contributed by atoms with van der Waals surface area (Å²) in [5, 5.41) is 37.0. The van der Waals surface area contributed by atoms with Gasteiger partial charge in [-0.05, 0) is 154 Å². The van der Waals surface area contributed by atoms with Crippen molar-refractivity contribution in [3.05, 3.63) is 128 Å². The van der Waals surface area contributed by atoms with Crippen molar-refractivity contribution in [1.82, 2.24) is 9.80 Å². The lowest BCUT2D eigenvalue weighted by Crippen LogP contribution is -2.28. The van der Waals surface area contributed by atoms with Gasteiger partial charge in [0.1, 0.15) is 48.6 Å². The number of ether oxygens (including phenoxy) is 10. The topological polar surface area (TPSA) is 409 Å². The summed E-state index contributed by atoms with van der Waals surface area (Å²) in [6.45, 7) is 44.9. The van der Waals surface area contributed by atoms with Crippen molar-refractivity contribution < 1.29 is 105 Å². The van der Waals surface area contributed by atoms with Crippen molar-refractivity contribution >= 4 is 103 Å². The molecule has 32 nitrogen and oxygen atoms in total. The Morgan fingerprint density at radius 3 is 0.852 bits per heavy atom. The first-order valence-electron chi connectivity index (χ1n) is 46.5. The van der Waals surface area contributed by atoms with Crippen molar-refractivity contribution in [2.45, 2.75) is 282 Å². The predicted molar refractivity (Wildman–Crippen MR) is 519 cm³/mol. The lowest BCUT2D eigenvalue weighted by molar-refractivity contribution is -0.193. The van der Waals surface area contributed by atoms with Crippen LogP contribution in [0.15, 0.2) is 81.2 Å². The van der Waals surface area contributed by atoms with E-state index in [2.05, 4.69) is 104 Å². The molecule has 135 heavy (non-hydrogen) atoms. The van der Waals surface area contributed by atoms with E-state index in [1.807, 2.05) is 78.2 Å². The molecule has 34 heteroatoms. The highest BCUT2D eigenvalue weighted by atomic mass is 32.1. The average Bonchev–Trinajstić information content (AvgIpc) is 1.69. The fraction of sp³-hybridized carbons (Fsp3) is 0.644. The van der Waals surface area contributed by atoms with Crippen LogP contribution in [0.25, 0.3) is 9.69 Å². The molecular weight excluding hydrogens is 1770 g/mol. The van der Waals surface area contributed by atoms with E-state index >= 15 is 0 Å². The van der Waals surface area contributed by atoms with E-state index in [-0.39, 0.29) is 62.5 Å². The molecule has 2 aromatic carbocycles. The predicted octanol–water partition coefficient (Wildman–Crippen LogP) is 23.1. The van der Waals surface area contributed by atoms with Gasteiger partial charge in [-0.25, -0.2) is 9.69 Å². The van der Waals surface area contributed by atoms with Crippen molar-refractivity contribution in [3.8, 4) is 12.1 Å². The second kappa shape index (κ2) is 101. The number of aryl methyl sites for hydroxylation is 4. The number of unbranched alkanes of at least 4 members (excludes halogenated alkanes) is 22. The van der Waals surface area contributed by atoms with E-state index in [1.165, 1.54) is 149 Å². The van der Waals surface area contributed by atoms with Gasteiger partial charge in [0, 0.05) is 51.9 Å². The Labute approximate surface area is 812 Å². The van der Waals surface area contributed by atoms with Gasteiger partial charge >= 0.3 is 48.5 Å². The summed E-state index contributed by atoms with van der Waals surface area (Å²) in [6, 6.07) is 16.0. The second-order valence-corrected chi connectivity index (χ2v) is 32.5. The van der Waals surface area contributed by atoms with Crippen LogP contribution in [0.2, 0.25) is 0 Å². The first-order valence-corrected chi connectivity index (χ1v) is 48.1. The van der Waals surface area contributed by atoms with Crippen molar-refractivity contribution in [2.24, 2.45) is 20.5 Å². The first kappa shape index (κ1) is 133. The fourth-order valence-electron chi connectivity index (χ4n) is 11.8. The Kier molecular flexibility index (Phi) is 99.5. The third-order valence-corrected chi connectivity index (χ3v) is 21.4. The number of carbonyl (C=O) groups is 4. The number of benzene rings is 2. The van der Waals surface area contributed by atoms with Gasteiger partial charge in [-0.3, -0.25) is 19.2 Å². The minimum atomic E-state index is -0.163. The van der Waals surface area contributed by atoms with Gasteiger partial charge in [-0.2, -0.15) is 48.9 Å². The van der Waals surface area contributed by atoms with Crippen molar-refractivity contribution in [1.29, 1.82) is 10.5 Å². The quantitative estimate of drug-likeness (QED) is 0.00989. The molecule has 4 rings (SSSR count). The van der Waals surface area contributed by atoms with E-state index in [4.69, 9.17) is 109 Å². The van der Waals surface area contributed by atoms with E-state index < -0.39 is 0 Å². The summed E-state index contributed by atoms with van der Waals surface area (Å²) in [5.74, 6) is -0.561. The molecule has 4 aromatic rings. The minimum Gasteiger partial charge on any atom is -0.463 e. The van der Waals surface area contributed by atoms with Crippen LogP contribution in [-0.2, 0) is 105 Å². The van der Waals surface area contributed by atoms with Gasteiger partial charge in [0.2, 0.25) is 10.0 Å². The molecule has 0 aliphatic heterocycles. The van der Waals surface area contributed by atoms with E-state index in [0.717, 1.165) is 113 Å². The number of rotatable bonds is 68. The molecule has 0 saturated heterocycles. The molecule has 0 atom stereocenters. The molecule has 0 amide bonds. The molecule has 0 saturated carbocycles. The summed E-state index contributed by atoms with van der Waals surface area (Å²) >= 11 is 2.40. The van der Waals surface area contributed by atoms with Gasteiger partial charge in [-0.1, -0.05) is 210 Å². The number of azo groups is 2. The summed E-state index contributed by atoms with van der Waals surface area (Å²) in [6.07, 6.45) is 44.5. The van der Waals surface area contributed by atoms with Gasteiger partial charge in [0.25, 0.3) is 0 Å². The third kappa shape index (κ3) is 83.9. The van der Waals surface area contributed by atoms with Gasteiger partial charge in [0.15, 0.2) is 0 Å². The van der Waals surface area contributed by atoms with Crippen LogP contribution in [0, 0.1) is 77.3 Å². The molecule has 0 aliphatic rings. The monoisotopic (exact) mass is 1920 g/mol. The number of allylic oxidation sites excluding steroid dienone is 4. The van der Waals surface area contributed by atoms with Crippen LogP contribution in [0.1, 0.15) is 285 Å². The SMILES string of the molecule is C.CCCCC/C=C/CCCC(=O)OCCOCCOCCN(C)CCOCCOC(=O)CCC/C=C/CCCCC.CCCCCCCCCCC(=O)OCCOCCOCCN(C)CCOCCOC(=O)CCCCCCCCCC.O=C=O.O=C=O.O=C=O.O=C=O.[C-]#[N+]c1sc(N=Nc2ccc(C)cc2C)c(C#N)c1C.[C-]#[N+]c1sc(N=Nc2ccc(C)cc2C)c(C#N)c1C. The molecule has 0 bridgehead atoms. The number of carbonyl (C=O) groups excluding carboxylic acids is 12. The Bertz CT molecular complexity index is 3950. The van der Waals surface area contributed by atoms with E-state index in [9.17, 15) is 19.2 Å². The molecule has 0 spiro atoms. The number of nitriles is 2. The normalized spacial score (nSPS) is 10.3. The largest absolute Gasteiger partial charge is 0.463 e. The van der Waals surface area contributed by atoms with E-state index in [1.54, 1.807) is 13.8 Å². The molecular formula is C101H154N10O22S2. The number of hydrogen-bond acceptors (Lipinski definition) is 32.